The van der Waals surface area contributed by atoms with E-state index in [4.69, 9.17) is 35.1 Å². The maximum atomic E-state index is 12.9. The topological polar surface area (TPSA) is 123 Å². The molecule has 5 rings (SSSR count). The first-order chi connectivity index (χ1) is 19.4. The van der Waals surface area contributed by atoms with Gasteiger partial charge in [0.15, 0.2) is 5.03 Å². The summed E-state index contributed by atoms with van der Waals surface area (Å²) in [4.78, 5) is 13.0. The van der Waals surface area contributed by atoms with E-state index in [2.05, 4.69) is 30.7 Å². The van der Waals surface area contributed by atoms with Crippen molar-refractivity contribution in [2.24, 2.45) is 7.05 Å². The molecule has 0 amide bonds. The van der Waals surface area contributed by atoms with Crippen molar-refractivity contribution < 1.29 is 8.42 Å². The summed E-state index contributed by atoms with van der Waals surface area (Å²) in [6.07, 6.45) is 9.27. The minimum Gasteiger partial charge on any atom is -0.351 e. The van der Waals surface area contributed by atoms with E-state index in [0.29, 0.717) is 49.1 Å². The second-order valence-electron chi connectivity index (χ2n) is 10.2. The average Bonchev–Trinajstić information content (AvgIpc) is 3.58. The van der Waals surface area contributed by atoms with Crippen molar-refractivity contribution in [1.29, 1.82) is 0 Å². The number of aryl methyl sites for hydroxylation is 2. The maximum Gasteiger partial charge on any atom is 0.262 e. The van der Waals surface area contributed by atoms with Gasteiger partial charge in [-0.3, -0.25) is 0 Å². The van der Waals surface area contributed by atoms with Crippen molar-refractivity contribution in [2.45, 2.75) is 42.6 Å². The summed E-state index contributed by atoms with van der Waals surface area (Å²) in [5.74, 6) is 0.409. The summed E-state index contributed by atoms with van der Waals surface area (Å²) in [5.41, 5.74) is 4.10. The Morgan fingerprint density at radius 2 is 1.88 bits per heavy atom. The first-order valence-electron chi connectivity index (χ1n) is 12.9. The van der Waals surface area contributed by atoms with E-state index in [1.807, 2.05) is 31.3 Å². The molecule has 0 unspecified atom stereocenters. The number of halogens is 1. The summed E-state index contributed by atoms with van der Waals surface area (Å²) in [5, 5.41) is 9.69. The summed E-state index contributed by atoms with van der Waals surface area (Å²) in [6, 6.07) is 5.89. The van der Waals surface area contributed by atoms with Crippen molar-refractivity contribution in [1.82, 2.24) is 38.9 Å². The first-order valence-corrected chi connectivity index (χ1v) is 14.7. The van der Waals surface area contributed by atoms with Crippen LogP contribution in [0.25, 0.3) is 16.9 Å². The lowest BCUT2D eigenvalue weighted by Gasteiger charge is -2.31. The molecule has 2 N–H and O–H groups in total. The van der Waals surface area contributed by atoms with E-state index in [1.165, 1.54) is 16.8 Å². The van der Waals surface area contributed by atoms with Crippen molar-refractivity contribution >= 4 is 51.1 Å². The highest BCUT2D eigenvalue weighted by Crippen LogP contribution is 2.28. The zero-order valence-corrected chi connectivity index (χ0v) is 24.3. The van der Waals surface area contributed by atoms with Gasteiger partial charge in [0.25, 0.3) is 10.0 Å². The number of piperidine rings is 1. The maximum absolute atomic E-state index is 12.9. The molecule has 1 fully saturated rings. The van der Waals surface area contributed by atoms with E-state index in [1.54, 1.807) is 28.7 Å². The van der Waals surface area contributed by atoms with Crippen LogP contribution in [0.5, 0.6) is 0 Å². The Morgan fingerprint density at radius 1 is 1.12 bits per heavy atom. The molecule has 16 heteroatoms. The molecule has 4 heterocycles. The second kappa shape index (κ2) is 11.6. The molecule has 6 radical (unpaired) electrons. The first kappa shape index (κ1) is 29.4. The third kappa shape index (κ3) is 6.86. The molecule has 1 aliphatic rings. The van der Waals surface area contributed by atoms with Crippen LogP contribution in [0.1, 0.15) is 24.0 Å². The van der Waals surface area contributed by atoms with Crippen LogP contribution < -0.4 is 10.6 Å². The highest BCUT2D eigenvalue weighted by molar-refractivity contribution is 7.89. The van der Waals surface area contributed by atoms with Gasteiger partial charge in [-0.25, -0.2) is 28.1 Å². The smallest absolute Gasteiger partial charge is 0.262 e. The monoisotopic (exact) mass is 585 g/mol. The van der Waals surface area contributed by atoms with Crippen molar-refractivity contribution in [2.75, 3.05) is 18.4 Å². The van der Waals surface area contributed by atoms with Crippen molar-refractivity contribution in [3.8, 4) is 16.9 Å². The Labute approximate surface area is 248 Å². The quantitative estimate of drug-likeness (QED) is 0.284. The molecule has 41 heavy (non-hydrogen) atoms. The molecule has 0 spiro atoms. The molecule has 0 atom stereocenters. The Morgan fingerprint density at radius 3 is 2.54 bits per heavy atom. The number of aromatic nitrogens is 6. The van der Waals surface area contributed by atoms with Gasteiger partial charge in [-0.2, -0.15) is 9.40 Å². The van der Waals surface area contributed by atoms with Gasteiger partial charge in [-0.1, -0.05) is 29.0 Å². The van der Waals surface area contributed by atoms with E-state index in [9.17, 15) is 8.42 Å². The summed E-state index contributed by atoms with van der Waals surface area (Å²) in [7, 11) is 14.9. The SMILES string of the molecule is [B]C([B])([B])NCc1ccc(-n2cc(-c3nc(NC4CCN(S(=O)(=O)c5cn(C)cn5)CC4)ncc3Cl)cn2)c(C)c1. The van der Waals surface area contributed by atoms with Gasteiger partial charge >= 0.3 is 0 Å². The fourth-order valence-electron chi connectivity index (χ4n) is 4.63. The summed E-state index contributed by atoms with van der Waals surface area (Å²) >= 11 is 6.47. The van der Waals surface area contributed by atoms with Crippen LogP contribution in [0.2, 0.25) is 5.02 Å². The molecule has 1 saturated heterocycles. The zero-order chi connectivity index (χ0) is 29.4. The van der Waals surface area contributed by atoms with Gasteiger partial charge in [-0.15, -0.1) is 0 Å². The van der Waals surface area contributed by atoms with Gasteiger partial charge in [0.05, 0.1) is 58.7 Å². The molecule has 0 bridgehead atoms. The number of hydrogen-bond acceptors (Lipinski definition) is 8. The molecule has 0 aliphatic carbocycles. The van der Waals surface area contributed by atoms with Gasteiger partial charge in [0, 0.05) is 50.7 Å². The molecule has 4 aromatic rings. The van der Waals surface area contributed by atoms with Gasteiger partial charge in [-0.05, 0) is 37.0 Å². The number of benzene rings is 1. The summed E-state index contributed by atoms with van der Waals surface area (Å²) < 4.78 is 30.6. The number of rotatable bonds is 9. The average molecular weight is 586 g/mol. The Balaban J connectivity index is 1.25. The number of hydrogen-bond donors (Lipinski definition) is 2. The predicted octanol–water partition coefficient (Wildman–Crippen LogP) is 1.50. The summed E-state index contributed by atoms with van der Waals surface area (Å²) in [6.45, 7) is 3.13. The fraction of sp³-hybridized carbons (Fsp3) is 0.360. The fourth-order valence-corrected chi connectivity index (χ4v) is 6.27. The third-order valence-corrected chi connectivity index (χ3v) is 8.84. The van der Waals surface area contributed by atoms with Gasteiger partial charge in [0.2, 0.25) is 5.95 Å². The normalized spacial score (nSPS) is 15.3. The molecular formula is C25H27B3ClN9O2S. The van der Waals surface area contributed by atoms with Crippen LogP contribution in [0.3, 0.4) is 0 Å². The van der Waals surface area contributed by atoms with E-state index < -0.39 is 15.3 Å². The van der Waals surface area contributed by atoms with Crippen LogP contribution in [-0.4, -0.2) is 89.9 Å². The highest BCUT2D eigenvalue weighted by Gasteiger charge is 2.31. The second-order valence-corrected chi connectivity index (χ2v) is 12.5. The Kier molecular flexibility index (Phi) is 8.33. The largest absolute Gasteiger partial charge is 0.351 e. The molecule has 206 valence electrons. The number of sulfonamides is 1. The lowest BCUT2D eigenvalue weighted by molar-refractivity contribution is 0.328. The van der Waals surface area contributed by atoms with Crippen LogP contribution >= 0.6 is 11.6 Å². The number of anilines is 1. The molecule has 0 saturated carbocycles. The van der Waals surface area contributed by atoms with Gasteiger partial charge in [0.1, 0.15) is 0 Å². The number of imidazole rings is 1. The van der Waals surface area contributed by atoms with Crippen LogP contribution in [0, 0.1) is 6.92 Å². The standard InChI is InChI=1S/C25H27B3ClN9O2S/c1-16-9-17(10-32-25(26,27)28)3-4-21(16)38-13-18(11-33-38)23-20(29)12-30-24(35-23)34-19-5-7-37(8-6-19)41(39,40)22-14-36(2)15-31-22/h3-4,9,11-15,19,32H,5-8,10H2,1-2H3,(H,30,34,35). The zero-order valence-electron chi connectivity index (χ0n) is 22.7. The predicted molar refractivity (Wildman–Crippen MR) is 160 cm³/mol. The van der Waals surface area contributed by atoms with E-state index in [0.717, 1.165) is 22.4 Å². The lowest BCUT2D eigenvalue weighted by atomic mass is 9.49. The molecular weight excluding hydrogens is 558 g/mol. The molecule has 1 aromatic carbocycles. The van der Waals surface area contributed by atoms with Crippen LogP contribution in [-0.2, 0) is 23.6 Å². The Bertz CT molecular complexity index is 1650. The van der Waals surface area contributed by atoms with E-state index >= 15 is 0 Å². The lowest BCUT2D eigenvalue weighted by Crippen LogP contribution is -2.46. The van der Waals surface area contributed by atoms with Gasteiger partial charge < -0.3 is 15.2 Å². The van der Waals surface area contributed by atoms with Crippen LogP contribution in [0.15, 0.2) is 54.3 Å². The number of nitrogens with zero attached hydrogens (tertiary/aromatic N) is 7. The Hall–Kier alpha value is -3.13. The van der Waals surface area contributed by atoms with Crippen molar-refractivity contribution in [3.63, 3.8) is 0 Å². The third-order valence-electron chi connectivity index (χ3n) is 6.78. The minimum absolute atomic E-state index is 0.000515. The number of nitrogens with one attached hydrogen (secondary N) is 2. The highest BCUT2D eigenvalue weighted by atomic mass is 35.5. The molecule has 1 aliphatic heterocycles. The minimum atomic E-state index is -3.62. The van der Waals surface area contributed by atoms with Crippen molar-refractivity contribution in [3.05, 3.63) is 65.5 Å². The molecule has 3 aromatic heterocycles. The molecule has 11 nitrogen and oxygen atoms in total. The van der Waals surface area contributed by atoms with Crippen LogP contribution in [0.4, 0.5) is 5.95 Å². The van der Waals surface area contributed by atoms with E-state index in [-0.39, 0.29) is 11.1 Å².